The average molecular weight is 550 g/mol. The number of rotatable bonds is 6. The van der Waals surface area contributed by atoms with Crippen LogP contribution in [0.3, 0.4) is 0 Å². The minimum absolute atomic E-state index is 0.00870. The minimum atomic E-state index is -0.513. The van der Waals surface area contributed by atoms with Crippen molar-refractivity contribution < 1.29 is 14.3 Å². The number of carbonyl (C=O) groups excluding carboxylic acids is 2. The zero-order chi connectivity index (χ0) is 28.3. The maximum absolute atomic E-state index is 13.9. The molecular formula is C33H35N5O3. The molecule has 0 bridgehead atoms. The average Bonchev–Trinajstić information content (AvgIpc) is 3.25. The molecule has 4 aromatic rings. The molecule has 41 heavy (non-hydrogen) atoms. The highest BCUT2D eigenvalue weighted by Crippen LogP contribution is 2.43. The first kappa shape index (κ1) is 26.7. The number of piperidine rings is 1. The molecule has 0 unspecified atom stereocenters. The van der Waals surface area contributed by atoms with E-state index in [9.17, 15) is 9.59 Å². The first-order valence-electron chi connectivity index (χ1n) is 14.4. The SMILES string of the molecule is COc1ccccc1[C@@H]1[C@H](C(=O)Nc2ccc(-c3nnc4n3CCCCC4)cc2)CCC(=O)N1c1ccc(C)cc1. The first-order valence-corrected chi connectivity index (χ1v) is 14.4. The monoisotopic (exact) mass is 549 g/mol. The summed E-state index contributed by atoms with van der Waals surface area (Å²) in [5.74, 6) is 1.95. The van der Waals surface area contributed by atoms with Gasteiger partial charge in [0.2, 0.25) is 11.8 Å². The first-order chi connectivity index (χ1) is 20.0. The molecule has 8 nitrogen and oxygen atoms in total. The highest BCUT2D eigenvalue weighted by Gasteiger charge is 2.42. The predicted octanol–water partition coefficient (Wildman–Crippen LogP) is 6.11. The van der Waals surface area contributed by atoms with Crippen LogP contribution in [0.15, 0.2) is 72.8 Å². The van der Waals surface area contributed by atoms with Gasteiger partial charge in [-0.15, -0.1) is 10.2 Å². The highest BCUT2D eigenvalue weighted by molar-refractivity contribution is 6.00. The molecule has 2 aliphatic heterocycles. The van der Waals surface area contributed by atoms with E-state index < -0.39 is 12.0 Å². The van der Waals surface area contributed by atoms with Crippen molar-refractivity contribution in [3.63, 3.8) is 0 Å². The third kappa shape index (κ3) is 5.34. The molecule has 0 radical (unpaired) electrons. The van der Waals surface area contributed by atoms with Crippen LogP contribution in [0.1, 0.15) is 55.1 Å². The van der Waals surface area contributed by atoms with E-state index in [1.165, 1.54) is 6.42 Å². The van der Waals surface area contributed by atoms with E-state index in [0.717, 1.165) is 59.8 Å². The lowest BCUT2D eigenvalue weighted by molar-refractivity contribution is -0.125. The second-order valence-corrected chi connectivity index (χ2v) is 10.9. The van der Waals surface area contributed by atoms with Crippen LogP contribution in [-0.2, 0) is 22.6 Å². The van der Waals surface area contributed by atoms with Crippen molar-refractivity contribution in [1.82, 2.24) is 14.8 Å². The van der Waals surface area contributed by atoms with E-state index in [0.29, 0.717) is 17.9 Å². The van der Waals surface area contributed by atoms with Crippen molar-refractivity contribution in [3.8, 4) is 17.1 Å². The standard InChI is InChI=1S/C33H35N5O3/c1-22-11-17-25(18-12-22)38-30(39)20-19-27(31(38)26-8-5-6-9-28(26)41-2)33(40)34-24-15-13-23(14-16-24)32-36-35-29-10-4-3-7-21-37(29)32/h5-6,8-9,11-18,27,31H,3-4,7,10,19-21H2,1-2H3,(H,34,40)/t27-,31-/m1/s1. The van der Waals surface area contributed by atoms with Crippen molar-refractivity contribution in [3.05, 3.63) is 89.7 Å². The molecule has 1 fully saturated rings. The summed E-state index contributed by atoms with van der Waals surface area (Å²) >= 11 is 0. The van der Waals surface area contributed by atoms with Crippen molar-refractivity contribution in [2.45, 2.75) is 58.0 Å². The second kappa shape index (κ2) is 11.6. The van der Waals surface area contributed by atoms with Gasteiger partial charge in [0.1, 0.15) is 11.6 Å². The number of carbonyl (C=O) groups is 2. The molecule has 8 heteroatoms. The summed E-state index contributed by atoms with van der Waals surface area (Å²) in [5, 5.41) is 12.0. The lowest BCUT2D eigenvalue weighted by atomic mass is 9.82. The Labute approximate surface area is 240 Å². The molecule has 2 aliphatic rings. The zero-order valence-corrected chi connectivity index (χ0v) is 23.5. The van der Waals surface area contributed by atoms with E-state index in [-0.39, 0.29) is 18.2 Å². The highest BCUT2D eigenvalue weighted by atomic mass is 16.5. The second-order valence-electron chi connectivity index (χ2n) is 10.9. The Morgan fingerprint density at radius 3 is 2.49 bits per heavy atom. The Balaban J connectivity index is 1.29. The molecule has 0 aliphatic carbocycles. The third-order valence-electron chi connectivity index (χ3n) is 8.22. The van der Waals surface area contributed by atoms with E-state index in [1.807, 2.05) is 79.7 Å². The van der Waals surface area contributed by atoms with Crippen LogP contribution in [0.25, 0.3) is 11.4 Å². The summed E-state index contributed by atoms with van der Waals surface area (Å²) in [6.45, 7) is 2.94. The Bertz CT molecular complexity index is 1540. The summed E-state index contributed by atoms with van der Waals surface area (Å²) in [7, 11) is 1.62. The number of nitrogens with zero attached hydrogens (tertiary/aromatic N) is 4. The van der Waals surface area contributed by atoms with Gasteiger partial charge in [0.05, 0.1) is 19.1 Å². The van der Waals surface area contributed by atoms with Gasteiger partial charge >= 0.3 is 0 Å². The van der Waals surface area contributed by atoms with Crippen LogP contribution in [0.4, 0.5) is 11.4 Å². The summed E-state index contributed by atoms with van der Waals surface area (Å²) in [6.07, 6.45) is 5.17. The predicted molar refractivity (Wildman–Crippen MR) is 159 cm³/mol. The number of ether oxygens (including phenoxy) is 1. The van der Waals surface area contributed by atoms with E-state index in [1.54, 1.807) is 12.0 Å². The Morgan fingerprint density at radius 1 is 0.927 bits per heavy atom. The number of benzene rings is 3. The van der Waals surface area contributed by atoms with Crippen LogP contribution >= 0.6 is 0 Å². The molecule has 2 amide bonds. The summed E-state index contributed by atoms with van der Waals surface area (Å²) < 4.78 is 7.92. The van der Waals surface area contributed by atoms with Crippen LogP contribution < -0.4 is 15.0 Å². The van der Waals surface area contributed by atoms with Crippen molar-refractivity contribution in [2.24, 2.45) is 5.92 Å². The lowest BCUT2D eigenvalue weighted by Gasteiger charge is -2.41. The van der Waals surface area contributed by atoms with E-state index in [2.05, 4.69) is 20.1 Å². The van der Waals surface area contributed by atoms with Crippen LogP contribution in [0, 0.1) is 12.8 Å². The van der Waals surface area contributed by atoms with Crippen molar-refractivity contribution in [2.75, 3.05) is 17.3 Å². The number of para-hydroxylation sites is 1. The fourth-order valence-corrected chi connectivity index (χ4v) is 6.08. The van der Waals surface area contributed by atoms with Gasteiger partial charge in [-0.3, -0.25) is 9.59 Å². The summed E-state index contributed by atoms with van der Waals surface area (Å²) in [5.41, 5.74) is 4.36. The fourth-order valence-electron chi connectivity index (χ4n) is 6.08. The maximum Gasteiger partial charge on any atom is 0.229 e. The topological polar surface area (TPSA) is 89.3 Å². The molecule has 1 N–H and O–H groups in total. The maximum atomic E-state index is 13.9. The molecule has 6 rings (SSSR count). The Kier molecular flexibility index (Phi) is 7.55. The number of anilines is 2. The van der Waals surface area contributed by atoms with Gasteiger partial charge in [0.15, 0.2) is 5.82 Å². The molecule has 2 atom stereocenters. The van der Waals surface area contributed by atoms with Crippen LogP contribution in [-0.4, -0.2) is 33.7 Å². The minimum Gasteiger partial charge on any atom is -0.496 e. The fraction of sp³-hybridized carbons (Fsp3) is 0.333. The van der Waals surface area contributed by atoms with Crippen molar-refractivity contribution in [1.29, 1.82) is 0 Å². The van der Waals surface area contributed by atoms with Gasteiger partial charge in [0.25, 0.3) is 0 Å². The molecule has 0 saturated carbocycles. The smallest absolute Gasteiger partial charge is 0.229 e. The van der Waals surface area contributed by atoms with Gasteiger partial charge in [-0.25, -0.2) is 0 Å². The largest absolute Gasteiger partial charge is 0.496 e. The summed E-state index contributed by atoms with van der Waals surface area (Å²) in [4.78, 5) is 29.1. The van der Waals surface area contributed by atoms with Gasteiger partial charge in [-0.05, 0) is 68.7 Å². The molecule has 3 aromatic carbocycles. The number of nitrogens with one attached hydrogen (secondary N) is 1. The van der Waals surface area contributed by atoms with Crippen LogP contribution in [0.2, 0.25) is 0 Å². The number of aromatic nitrogens is 3. The number of hydrogen-bond acceptors (Lipinski definition) is 5. The van der Waals surface area contributed by atoms with Crippen molar-refractivity contribution >= 4 is 23.2 Å². The molecule has 1 aromatic heterocycles. The third-order valence-corrected chi connectivity index (χ3v) is 8.22. The van der Waals surface area contributed by atoms with Gasteiger partial charge in [0, 0.05) is 41.9 Å². The van der Waals surface area contributed by atoms with E-state index >= 15 is 0 Å². The Morgan fingerprint density at radius 2 is 1.71 bits per heavy atom. The van der Waals surface area contributed by atoms with Gasteiger partial charge < -0.3 is 19.5 Å². The summed E-state index contributed by atoms with van der Waals surface area (Å²) in [6, 6.07) is 22.8. The number of hydrogen-bond donors (Lipinski definition) is 1. The number of aryl methyl sites for hydroxylation is 2. The Hall–Kier alpha value is -4.46. The molecule has 210 valence electrons. The van der Waals surface area contributed by atoms with E-state index in [4.69, 9.17) is 4.74 Å². The molecular weight excluding hydrogens is 514 g/mol. The number of methoxy groups -OCH3 is 1. The quantitative estimate of drug-likeness (QED) is 0.313. The zero-order valence-electron chi connectivity index (χ0n) is 23.5. The molecule has 3 heterocycles. The lowest BCUT2D eigenvalue weighted by Crippen LogP contribution is -2.47. The van der Waals surface area contributed by atoms with Gasteiger partial charge in [-0.1, -0.05) is 42.3 Å². The van der Waals surface area contributed by atoms with Crippen LogP contribution in [0.5, 0.6) is 5.75 Å². The van der Waals surface area contributed by atoms with Gasteiger partial charge in [-0.2, -0.15) is 0 Å². The molecule has 1 saturated heterocycles. The normalized spacial score (nSPS) is 18.9. The number of amides is 2. The number of fused-ring (bicyclic) bond motifs is 1. The molecule has 0 spiro atoms.